The van der Waals surface area contributed by atoms with Gasteiger partial charge in [0.2, 0.25) is 0 Å². The second-order valence-corrected chi connectivity index (χ2v) is 7.62. The molecule has 0 bridgehead atoms. The normalized spacial score (nSPS) is 25.2. The smallest absolute Gasteiger partial charge is 0.122 e. The Kier molecular flexibility index (Phi) is 4.95. The molecule has 2 atom stereocenters. The fourth-order valence-electron chi connectivity index (χ4n) is 3.65. The Labute approximate surface area is 140 Å². The molecule has 128 valence electrons. The molecule has 1 fully saturated rings. The van der Waals surface area contributed by atoms with Gasteiger partial charge in [-0.2, -0.15) is 0 Å². The average molecular weight is 318 g/mol. The van der Waals surface area contributed by atoms with E-state index in [1.807, 2.05) is 0 Å². The van der Waals surface area contributed by atoms with E-state index in [9.17, 15) is 0 Å². The van der Waals surface area contributed by atoms with Crippen LogP contribution in [-0.2, 0) is 17.7 Å². The maximum Gasteiger partial charge on any atom is 0.122 e. The van der Waals surface area contributed by atoms with E-state index in [2.05, 4.69) is 56.1 Å². The third-order valence-electron chi connectivity index (χ3n) is 4.92. The van der Waals surface area contributed by atoms with Gasteiger partial charge in [0.25, 0.3) is 0 Å². The second-order valence-electron chi connectivity index (χ2n) is 7.62. The standard InChI is InChI=1S/C19H30N2O2/c1-14-11-21(12-15(2)23-14)19(3,4)13-20-10-16-5-6-18-17(9-16)7-8-22-18/h5-6,9,14-15,20H,7-8,10-13H2,1-4H3. The largest absolute Gasteiger partial charge is 0.493 e. The predicted molar refractivity (Wildman–Crippen MR) is 93.0 cm³/mol. The molecular formula is C19H30N2O2. The van der Waals surface area contributed by atoms with E-state index >= 15 is 0 Å². The third-order valence-corrected chi connectivity index (χ3v) is 4.92. The number of morpholine rings is 1. The van der Waals surface area contributed by atoms with Crippen molar-refractivity contribution in [1.29, 1.82) is 0 Å². The molecule has 1 aromatic carbocycles. The molecule has 3 rings (SSSR count). The zero-order chi connectivity index (χ0) is 16.4. The van der Waals surface area contributed by atoms with Crippen molar-refractivity contribution in [2.45, 2.75) is 58.4 Å². The van der Waals surface area contributed by atoms with Crippen LogP contribution in [0.15, 0.2) is 18.2 Å². The quantitative estimate of drug-likeness (QED) is 0.905. The SMILES string of the molecule is CC1CN(C(C)(C)CNCc2ccc3c(c2)CCO3)CC(C)O1. The summed E-state index contributed by atoms with van der Waals surface area (Å²) in [5.41, 5.74) is 2.82. The van der Waals surface area contributed by atoms with Gasteiger partial charge in [0.15, 0.2) is 0 Å². The first-order valence-corrected chi connectivity index (χ1v) is 8.80. The number of nitrogens with one attached hydrogen (secondary N) is 1. The number of hydrogen-bond acceptors (Lipinski definition) is 4. The van der Waals surface area contributed by atoms with Crippen molar-refractivity contribution in [2.75, 3.05) is 26.2 Å². The van der Waals surface area contributed by atoms with Crippen LogP contribution in [0.3, 0.4) is 0 Å². The van der Waals surface area contributed by atoms with Crippen LogP contribution in [0.1, 0.15) is 38.8 Å². The van der Waals surface area contributed by atoms with Crippen LogP contribution in [0.5, 0.6) is 5.75 Å². The highest BCUT2D eigenvalue weighted by molar-refractivity contribution is 5.39. The Morgan fingerprint density at radius 3 is 2.70 bits per heavy atom. The molecule has 4 heteroatoms. The first-order chi connectivity index (χ1) is 10.9. The van der Waals surface area contributed by atoms with Crippen molar-refractivity contribution in [3.8, 4) is 5.75 Å². The number of ether oxygens (including phenoxy) is 2. The molecule has 1 N–H and O–H groups in total. The number of fused-ring (bicyclic) bond motifs is 1. The minimum absolute atomic E-state index is 0.131. The molecule has 4 nitrogen and oxygen atoms in total. The summed E-state index contributed by atoms with van der Waals surface area (Å²) in [6.07, 6.45) is 1.67. The lowest BCUT2D eigenvalue weighted by Gasteiger charge is -2.45. The minimum atomic E-state index is 0.131. The molecule has 0 aromatic heterocycles. The van der Waals surface area contributed by atoms with Gasteiger partial charge in [-0.15, -0.1) is 0 Å². The van der Waals surface area contributed by atoms with Crippen molar-refractivity contribution in [2.24, 2.45) is 0 Å². The molecule has 0 saturated carbocycles. The molecule has 0 spiro atoms. The van der Waals surface area contributed by atoms with Crippen molar-refractivity contribution in [3.05, 3.63) is 29.3 Å². The summed E-state index contributed by atoms with van der Waals surface area (Å²) >= 11 is 0. The lowest BCUT2D eigenvalue weighted by molar-refractivity contribution is -0.0952. The summed E-state index contributed by atoms with van der Waals surface area (Å²) in [5, 5.41) is 3.64. The van der Waals surface area contributed by atoms with Crippen molar-refractivity contribution in [1.82, 2.24) is 10.2 Å². The average Bonchev–Trinajstić information content (AvgIpc) is 2.93. The molecule has 0 amide bonds. The van der Waals surface area contributed by atoms with E-state index < -0.39 is 0 Å². The molecule has 2 heterocycles. The van der Waals surface area contributed by atoms with Gasteiger partial charge < -0.3 is 14.8 Å². The van der Waals surface area contributed by atoms with Crippen LogP contribution < -0.4 is 10.1 Å². The Morgan fingerprint density at radius 1 is 1.22 bits per heavy atom. The van der Waals surface area contributed by atoms with Crippen LogP contribution >= 0.6 is 0 Å². The van der Waals surface area contributed by atoms with Gasteiger partial charge in [-0.05, 0) is 44.9 Å². The molecule has 1 saturated heterocycles. The summed E-state index contributed by atoms with van der Waals surface area (Å²) < 4.78 is 11.4. The summed E-state index contributed by atoms with van der Waals surface area (Å²) in [7, 11) is 0. The van der Waals surface area contributed by atoms with Crippen molar-refractivity contribution in [3.63, 3.8) is 0 Å². The zero-order valence-electron chi connectivity index (χ0n) is 14.9. The highest BCUT2D eigenvalue weighted by Crippen LogP contribution is 2.26. The molecule has 2 unspecified atom stereocenters. The van der Waals surface area contributed by atoms with Gasteiger partial charge in [-0.25, -0.2) is 0 Å². The number of hydrogen-bond donors (Lipinski definition) is 1. The summed E-state index contributed by atoms with van der Waals surface area (Å²) in [6.45, 7) is 13.7. The van der Waals surface area contributed by atoms with E-state index in [0.717, 1.165) is 45.0 Å². The Balaban J connectivity index is 1.53. The van der Waals surface area contributed by atoms with Crippen LogP contribution in [0.2, 0.25) is 0 Å². The van der Waals surface area contributed by atoms with Gasteiger partial charge in [0.1, 0.15) is 5.75 Å². The molecule has 0 radical (unpaired) electrons. The minimum Gasteiger partial charge on any atom is -0.493 e. The van der Waals surface area contributed by atoms with Crippen LogP contribution in [0.25, 0.3) is 0 Å². The van der Waals surface area contributed by atoms with E-state index in [4.69, 9.17) is 9.47 Å². The summed E-state index contributed by atoms with van der Waals surface area (Å²) in [5.74, 6) is 1.06. The Bertz CT molecular complexity index is 534. The van der Waals surface area contributed by atoms with E-state index in [0.29, 0.717) is 12.2 Å². The molecule has 2 aliphatic heterocycles. The zero-order valence-corrected chi connectivity index (χ0v) is 14.9. The van der Waals surface area contributed by atoms with Gasteiger partial charge in [0.05, 0.1) is 18.8 Å². The summed E-state index contributed by atoms with van der Waals surface area (Å²) in [6, 6.07) is 6.56. The highest BCUT2D eigenvalue weighted by atomic mass is 16.5. The molecule has 2 aliphatic rings. The molecule has 1 aromatic rings. The number of benzene rings is 1. The first-order valence-electron chi connectivity index (χ1n) is 8.80. The van der Waals surface area contributed by atoms with E-state index in [1.165, 1.54) is 11.1 Å². The predicted octanol–water partition coefficient (Wildman–Crippen LogP) is 2.60. The van der Waals surface area contributed by atoms with E-state index in [1.54, 1.807) is 0 Å². The molecular weight excluding hydrogens is 288 g/mol. The fraction of sp³-hybridized carbons (Fsp3) is 0.684. The highest BCUT2D eigenvalue weighted by Gasteiger charge is 2.32. The maximum atomic E-state index is 5.85. The Hall–Kier alpha value is -1.10. The van der Waals surface area contributed by atoms with Gasteiger partial charge in [0, 0.05) is 38.1 Å². The van der Waals surface area contributed by atoms with E-state index in [-0.39, 0.29) is 5.54 Å². The maximum absolute atomic E-state index is 5.85. The monoisotopic (exact) mass is 318 g/mol. The lowest BCUT2D eigenvalue weighted by atomic mass is 10.00. The van der Waals surface area contributed by atoms with Crippen molar-refractivity contribution >= 4 is 0 Å². The van der Waals surface area contributed by atoms with Crippen molar-refractivity contribution < 1.29 is 9.47 Å². The fourth-order valence-corrected chi connectivity index (χ4v) is 3.65. The molecule has 0 aliphatic carbocycles. The van der Waals surface area contributed by atoms with Gasteiger partial charge in [-0.3, -0.25) is 4.90 Å². The summed E-state index contributed by atoms with van der Waals surface area (Å²) in [4.78, 5) is 2.55. The lowest BCUT2D eigenvalue weighted by Crippen LogP contribution is -2.58. The third kappa shape index (κ3) is 4.06. The van der Waals surface area contributed by atoms with Gasteiger partial charge >= 0.3 is 0 Å². The number of rotatable bonds is 5. The topological polar surface area (TPSA) is 33.7 Å². The van der Waals surface area contributed by atoms with Crippen LogP contribution in [0, 0.1) is 0 Å². The van der Waals surface area contributed by atoms with Crippen LogP contribution in [0.4, 0.5) is 0 Å². The van der Waals surface area contributed by atoms with Gasteiger partial charge in [-0.1, -0.05) is 12.1 Å². The molecule has 23 heavy (non-hydrogen) atoms. The second kappa shape index (κ2) is 6.80. The number of nitrogens with zero attached hydrogens (tertiary/aromatic N) is 1. The van der Waals surface area contributed by atoms with Crippen LogP contribution in [-0.4, -0.2) is 48.9 Å². The Morgan fingerprint density at radius 2 is 1.96 bits per heavy atom. The first kappa shape index (κ1) is 16.7.